The predicted molar refractivity (Wildman–Crippen MR) is 72.4 cm³/mol. The third-order valence-electron chi connectivity index (χ3n) is 4.26. The van der Waals surface area contributed by atoms with Gasteiger partial charge in [0, 0.05) is 11.6 Å². The molecule has 3 nitrogen and oxygen atoms in total. The first-order valence-corrected chi connectivity index (χ1v) is 6.90. The Balaban J connectivity index is 2.34. The molecule has 1 heterocycles. The second-order valence-corrected chi connectivity index (χ2v) is 5.56. The lowest BCUT2D eigenvalue weighted by atomic mass is 9.79. The van der Waals surface area contributed by atoms with E-state index in [9.17, 15) is 18.8 Å². The van der Waals surface area contributed by atoms with Crippen LogP contribution < -0.4 is 0 Å². The van der Waals surface area contributed by atoms with Crippen molar-refractivity contribution in [2.75, 3.05) is 0 Å². The Kier molecular flexibility index (Phi) is 4.38. The molecule has 1 fully saturated rings. The van der Waals surface area contributed by atoms with Gasteiger partial charge in [-0.05, 0) is 25.8 Å². The molecule has 5 heteroatoms. The lowest BCUT2D eigenvalue weighted by molar-refractivity contribution is -0.125. The SMILES string of the molecule is CC1OC(C)C(C(=O)C(C#N)c2ccc(F)cc2F)C1C. The molecule has 1 aromatic rings. The van der Waals surface area contributed by atoms with Gasteiger partial charge in [0.25, 0.3) is 0 Å². The van der Waals surface area contributed by atoms with Crippen molar-refractivity contribution in [2.24, 2.45) is 11.8 Å². The van der Waals surface area contributed by atoms with E-state index in [1.54, 1.807) is 6.92 Å². The van der Waals surface area contributed by atoms with Crippen molar-refractivity contribution < 1.29 is 18.3 Å². The van der Waals surface area contributed by atoms with Crippen LogP contribution in [0.5, 0.6) is 0 Å². The summed E-state index contributed by atoms with van der Waals surface area (Å²) < 4.78 is 32.4. The van der Waals surface area contributed by atoms with Gasteiger partial charge in [0.05, 0.1) is 24.2 Å². The Morgan fingerprint density at radius 3 is 2.43 bits per heavy atom. The quantitative estimate of drug-likeness (QED) is 0.860. The van der Waals surface area contributed by atoms with Gasteiger partial charge in [0.15, 0.2) is 5.78 Å². The zero-order valence-corrected chi connectivity index (χ0v) is 12.1. The normalized spacial score (nSPS) is 29.9. The fourth-order valence-corrected chi connectivity index (χ4v) is 2.97. The van der Waals surface area contributed by atoms with Crippen LogP contribution in [-0.2, 0) is 9.53 Å². The molecule has 1 aromatic carbocycles. The topological polar surface area (TPSA) is 50.1 Å². The van der Waals surface area contributed by atoms with Gasteiger partial charge in [-0.1, -0.05) is 13.0 Å². The summed E-state index contributed by atoms with van der Waals surface area (Å²) in [7, 11) is 0. The average molecular weight is 293 g/mol. The number of nitriles is 1. The van der Waals surface area contributed by atoms with Gasteiger partial charge >= 0.3 is 0 Å². The van der Waals surface area contributed by atoms with Crippen molar-refractivity contribution in [3.05, 3.63) is 35.4 Å². The highest BCUT2D eigenvalue weighted by atomic mass is 19.1. The van der Waals surface area contributed by atoms with Gasteiger partial charge in [-0.25, -0.2) is 8.78 Å². The van der Waals surface area contributed by atoms with E-state index in [0.717, 1.165) is 12.1 Å². The minimum absolute atomic E-state index is 0.0492. The maximum Gasteiger partial charge on any atom is 0.160 e. The van der Waals surface area contributed by atoms with Gasteiger partial charge < -0.3 is 4.74 Å². The van der Waals surface area contributed by atoms with Crippen LogP contribution in [0.2, 0.25) is 0 Å². The summed E-state index contributed by atoms with van der Waals surface area (Å²) in [4.78, 5) is 12.6. The number of ether oxygens (including phenoxy) is 1. The van der Waals surface area contributed by atoms with Gasteiger partial charge in [0.2, 0.25) is 0 Å². The van der Waals surface area contributed by atoms with Crippen LogP contribution in [0.1, 0.15) is 32.3 Å². The Labute approximate surface area is 122 Å². The number of carbonyl (C=O) groups excluding carboxylic acids is 1. The van der Waals surface area contributed by atoms with Crippen LogP contribution in [0.25, 0.3) is 0 Å². The van der Waals surface area contributed by atoms with E-state index in [-0.39, 0.29) is 29.5 Å². The largest absolute Gasteiger partial charge is 0.375 e. The Hall–Kier alpha value is -1.80. The molecule has 0 spiro atoms. The first-order valence-electron chi connectivity index (χ1n) is 6.90. The number of benzene rings is 1. The molecule has 5 atom stereocenters. The maximum absolute atomic E-state index is 13.8. The van der Waals surface area contributed by atoms with E-state index >= 15 is 0 Å². The summed E-state index contributed by atoms with van der Waals surface area (Å²) in [6, 6.07) is 4.74. The monoisotopic (exact) mass is 293 g/mol. The third kappa shape index (κ3) is 2.81. The van der Waals surface area contributed by atoms with Gasteiger partial charge in [-0.2, -0.15) is 5.26 Å². The molecule has 5 unspecified atom stereocenters. The maximum atomic E-state index is 13.8. The first kappa shape index (κ1) is 15.6. The minimum Gasteiger partial charge on any atom is -0.375 e. The molecule has 21 heavy (non-hydrogen) atoms. The molecular formula is C16H17F2NO2. The van der Waals surface area contributed by atoms with Gasteiger partial charge in [-0.3, -0.25) is 4.79 Å². The van der Waals surface area contributed by atoms with Gasteiger partial charge in [-0.15, -0.1) is 0 Å². The van der Waals surface area contributed by atoms with E-state index in [2.05, 4.69) is 0 Å². The van der Waals surface area contributed by atoms with Crippen LogP contribution in [0.15, 0.2) is 18.2 Å². The molecule has 1 aliphatic heterocycles. The van der Waals surface area contributed by atoms with Crippen molar-refractivity contribution in [3.63, 3.8) is 0 Å². The number of hydrogen-bond donors (Lipinski definition) is 0. The summed E-state index contributed by atoms with van der Waals surface area (Å²) in [5.41, 5.74) is -0.0807. The second kappa shape index (κ2) is 5.90. The number of ketones is 1. The molecule has 0 radical (unpaired) electrons. The van der Waals surface area contributed by atoms with E-state index in [0.29, 0.717) is 6.07 Å². The molecule has 0 aliphatic carbocycles. The van der Waals surface area contributed by atoms with Gasteiger partial charge in [0.1, 0.15) is 17.6 Å². The standard InChI is InChI=1S/C16H17F2NO2/c1-8-9(2)21-10(3)15(8)16(20)13(7-19)12-5-4-11(17)6-14(12)18/h4-6,8-10,13,15H,1-3H3. The minimum atomic E-state index is -1.24. The molecule has 112 valence electrons. The second-order valence-electron chi connectivity index (χ2n) is 5.56. The molecule has 1 saturated heterocycles. The van der Waals surface area contributed by atoms with E-state index < -0.39 is 23.5 Å². The molecule has 0 saturated carbocycles. The number of Topliss-reactive ketones (excluding diaryl/α,β-unsaturated/α-hetero) is 1. The lowest BCUT2D eigenvalue weighted by Crippen LogP contribution is -2.31. The summed E-state index contributed by atoms with van der Waals surface area (Å²) in [5, 5.41) is 9.27. The summed E-state index contributed by atoms with van der Waals surface area (Å²) in [5.74, 6) is -3.73. The van der Waals surface area contributed by atoms with Crippen molar-refractivity contribution in [3.8, 4) is 6.07 Å². The fraction of sp³-hybridized carbons (Fsp3) is 0.500. The zero-order valence-electron chi connectivity index (χ0n) is 12.1. The van der Waals surface area contributed by atoms with Crippen molar-refractivity contribution in [2.45, 2.75) is 38.9 Å². The summed E-state index contributed by atoms with van der Waals surface area (Å²) in [6.45, 7) is 5.53. The fourth-order valence-electron chi connectivity index (χ4n) is 2.97. The van der Waals surface area contributed by atoms with E-state index in [4.69, 9.17) is 4.74 Å². The first-order chi connectivity index (χ1) is 9.86. The number of hydrogen-bond acceptors (Lipinski definition) is 3. The predicted octanol–water partition coefficient (Wildman–Crippen LogP) is 3.20. The lowest BCUT2D eigenvalue weighted by Gasteiger charge is -2.20. The summed E-state index contributed by atoms with van der Waals surface area (Å²) in [6.07, 6.45) is -0.409. The van der Waals surface area contributed by atoms with Crippen LogP contribution in [0, 0.1) is 34.8 Å². The average Bonchev–Trinajstić information content (AvgIpc) is 2.66. The highest BCUT2D eigenvalue weighted by molar-refractivity contribution is 5.91. The summed E-state index contributed by atoms with van der Waals surface area (Å²) >= 11 is 0. The molecule has 0 N–H and O–H groups in total. The molecule has 0 bridgehead atoms. The van der Waals surface area contributed by atoms with Crippen LogP contribution in [0.4, 0.5) is 8.78 Å². The van der Waals surface area contributed by atoms with Crippen LogP contribution in [-0.4, -0.2) is 18.0 Å². The van der Waals surface area contributed by atoms with E-state index in [1.807, 2.05) is 19.9 Å². The molecule has 2 rings (SSSR count). The number of halogens is 2. The molecular weight excluding hydrogens is 276 g/mol. The van der Waals surface area contributed by atoms with Crippen LogP contribution >= 0.6 is 0 Å². The number of rotatable bonds is 3. The highest BCUT2D eigenvalue weighted by Gasteiger charge is 2.44. The molecule has 0 aromatic heterocycles. The van der Waals surface area contributed by atoms with Crippen molar-refractivity contribution >= 4 is 5.78 Å². The molecule has 1 aliphatic rings. The van der Waals surface area contributed by atoms with Crippen molar-refractivity contribution in [1.29, 1.82) is 5.26 Å². The Morgan fingerprint density at radius 1 is 1.29 bits per heavy atom. The number of carbonyl (C=O) groups is 1. The zero-order chi connectivity index (χ0) is 15.7. The molecule has 0 amide bonds. The van der Waals surface area contributed by atoms with E-state index in [1.165, 1.54) is 0 Å². The Morgan fingerprint density at radius 2 is 1.95 bits per heavy atom. The smallest absolute Gasteiger partial charge is 0.160 e. The van der Waals surface area contributed by atoms with Crippen LogP contribution in [0.3, 0.4) is 0 Å². The third-order valence-corrected chi connectivity index (χ3v) is 4.26. The Bertz CT molecular complexity index is 596. The number of nitrogens with zero attached hydrogens (tertiary/aromatic N) is 1. The van der Waals surface area contributed by atoms with Crippen molar-refractivity contribution in [1.82, 2.24) is 0 Å². The highest BCUT2D eigenvalue weighted by Crippen LogP contribution is 2.36.